The van der Waals surface area contributed by atoms with Crippen LogP contribution >= 0.6 is 0 Å². The number of aromatic hydroxyl groups is 1. The molecule has 0 saturated carbocycles. The van der Waals surface area contributed by atoms with Crippen molar-refractivity contribution in [2.45, 2.75) is 25.9 Å². The number of hydrogen-bond acceptors (Lipinski definition) is 5. The molecule has 1 saturated heterocycles. The number of aliphatic hydroxyl groups excluding tert-OH is 1. The van der Waals surface area contributed by atoms with Gasteiger partial charge in [0, 0.05) is 12.1 Å². The Morgan fingerprint density at radius 2 is 2.00 bits per heavy atom. The van der Waals surface area contributed by atoms with E-state index >= 15 is 0 Å². The fourth-order valence-electron chi connectivity index (χ4n) is 3.21. The van der Waals surface area contributed by atoms with Crippen LogP contribution in [0, 0.1) is 12.8 Å². The van der Waals surface area contributed by atoms with Gasteiger partial charge in [0.05, 0.1) is 23.8 Å². The van der Waals surface area contributed by atoms with E-state index in [4.69, 9.17) is 0 Å². The highest BCUT2D eigenvalue weighted by Crippen LogP contribution is 2.38. The van der Waals surface area contributed by atoms with Crippen LogP contribution < -0.4 is 4.90 Å². The number of benzene rings is 1. The first-order valence-corrected chi connectivity index (χ1v) is 8.39. The van der Waals surface area contributed by atoms with Crippen molar-refractivity contribution >= 4 is 11.7 Å². The van der Waals surface area contributed by atoms with E-state index in [-0.39, 0.29) is 29.3 Å². The number of aromatic nitrogens is 2. The van der Waals surface area contributed by atoms with Gasteiger partial charge in [0.15, 0.2) is 5.82 Å². The highest BCUT2D eigenvalue weighted by atomic mass is 19.4. The molecule has 0 spiro atoms. The number of piperidine rings is 1. The maximum atomic E-state index is 12.8. The standard InChI is InChI=1S/C18H18F3N3O3/c1-10-7-12(18(19,20)21)8-14(26)16(10)13-4-5-15(23-22-13)24-6-2-3-11(9-25)17(24)27/h4-5,7-8,11,25-26H,2-3,6,9H2,1H3/t11-/m1/s1. The van der Waals surface area contributed by atoms with Gasteiger partial charge in [-0.05, 0) is 49.6 Å². The van der Waals surface area contributed by atoms with Crippen LogP contribution in [-0.4, -0.2) is 39.5 Å². The number of carbonyl (C=O) groups is 1. The summed E-state index contributed by atoms with van der Waals surface area (Å²) < 4.78 is 38.5. The zero-order valence-corrected chi connectivity index (χ0v) is 14.5. The monoisotopic (exact) mass is 381 g/mol. The van der Waals surface area contributed by atoms with Crippen molar-refractivity contribution in [2.75, 3.05) is 18.1 Å². The minimum atomic E-state index is -4.56. The van der Waals surface area contributed by atoms with Gasteiger partial charge in [0.25, 0.3) is 0 Å². The fraction of sp³-hybridized carbons (Fsp3) is 0.389. The molecule has 3 rings (SSSR count). The molecule has 1 amide bonds. The van der Waals surface area contributed by atoms with E-state index < -0.39 is 23.4 Å². The number of alkyl halides is 3. The molecule has 2 N–H and O–H groups in total. The van der Waals surface area contributed by atoms with E-state index in [1.54, 1.807) is 0 Å². The topological polar surface area (TPSA) is 86.5 Å². The van der Waals surface area contributed by atoms with E-state index in [1.807, 2.05) is 0 Å². The molecule has 1 aromatic carbocycles. The van der Waals surface area contributed by atoms with Gasteiger partial charge in [-0.2, -0.15) is 13.2 Å². The maximum Gasteiger partial charge on any atom is 0.416 e. The molecule has 9 heteroatoms. The van der Waals surface area contributed by atoms with Crippen LogP contribution in [0.25, 0.3) is 11.3 Å². The lowest BCUT2D eigenvalue weighted by Gasteiger charge is -2.30. The summed E-state index contributed by atoms with van der Waals surface area (Å²) >= 11 is 0. The number of amides is 1. The summed E-state index contributed by atoms with van der Waals surface area (Å²) in [6.45, 7) is 1.66. The van der Waals surface area contributed by atoms with Crippen molar-refractivity contribution in [1.82, 2.24) is 10.2 Å². The summed E-state index contributed by atoms with van der Waals surface area (Å²) in [4.78, 5) is 13.7. The molecule has 2 aromatic rings. The summed E-state index contributed by atoms with van der Waals surface area (Å²) in [5, 5.41) is 27.3. The number of aryl methyl sites for hydroxylation is 1. The van der Waals surface area contributed by atoms with Crippen molar-refractivity contribution in [3.05, 3.63) is 35.4 Å². The average Bonchev–Trinajstić information content (AvgIpc) is 2.61. The molecule has 1 fully saturated rings. The highest BCUT2D eigenvalue weighted by molar-refractivity contribution is 5.95. The van der Waals surface area contributed by atoms with Crippen molar-refractivity contribution in [3.63, 3.8) is 0 Å². The average molecular weight is 381 g/mol. The van der Waals surface area contributed by atoms with Crippen LogP contribution in [0.15, 0.2) is 24.3 Å². The lowest BCUT2D eigenvalue weighted by molar-refractivity contribution is -0.137. The molecule has 6 nitrogen and oxygen atoms in total. The predicted octanol–water partition coefficient (Wildman–Crippen LogP) is 2.91. The molecule has 2 heterocycles. The third kappa shape index (κ3) is 3.73. The summed E-state index contributed by atoms with van der Waals surface area (Å²) in [6, 6.07) is 4.60. The minimum Gasteiger partial charge on any atom is -0.507 e. The molecular formula is C18H18F3N3O3. The van der Waals surface area contributed by atoms with Crippen molar-refractivity contribution in [1.29, 1.82) is 0 Å². The number of nitrogens with zero attached hydrogens (tertiary/aromatic N) is 3. The molecule has 0 unspecified atom stereocenters. The van der Waals surface area contributed by atoms with Crippen molar-refractivity contribution in [2.24, 2.45) is 5.92 Å². The van der Waals surface area contributed by atoms with Gasteiger partial charge in [-0.3, -0.25) is 9.69 Å². The van der Waals surface area contributed by atoms with Crippen LogP contribution in [-0.2, 0) is 11.0 Å². The first kappa shape index (κ1) is 19.1. The number of phenolic OH excluding ortho intramolecular Hbond substituents is 1. The Kier molecular flexibility index (Phi) is 5.05. The number of halogens is 3. The smallest absolute Gasteiger partial charge is 0.416 e. The molecule has 0 bridgehead atoms. The number of hydrogen-bond donors (Lipinski definition) is 2. The molecule has 1 aromatic heterocycles. The van der Waals surface area contributed by atoms with Gasteiger partial charge < -0.3 is 10.2 Å². The second-order valence-electron chi connectivity index (χ2n) is 6.47. The van der Waals surface area contributed by atoms with Crippen LogP contribution in [0.2, 0.25) is 0 Å². The maximum absolute atomic E-state index is 12.8. The molecule has 1 aliphatic heterocycles. The Bertz CT molecular complexity index is 830. The predicted molar refractivity (Wildman–Crippen MR) is 91.0 cm³/mol. The fourth-order valence-corrected chi connectivity index (χ4v) is 3.21. The lowest BCUT2D eigenvalue weighted by atomic mass is 9.98. The number of phenols is 1. The van der Waals surface area contributed by atoms with E-state index in [0.29, 0.717) is 24.8 Å². The van der Waals surface area contributed by atoms with Gasteiger partial charge in [-0.15, -0.1) is 10.2 Å². The van der Waals surface area contributed by atoms with Gasteiger partial charge >= 0.3 is 6.18 Å². The van der Waals surface area contributed by atoms with E-state index in [9.17, 15) is 28.2 Å². The largest absolute Gasteiger partial charge is 0.507 e. The van der Waals surface area contributed by atoms with Gasteiger partial charge in [0.2, 0.25) is 5.91 Å². The Labute approximate surface area is 153 Å². The Morgan fingerprint density at radius 3 is 2.56 bits per heavy atom. The van der Waals surface area contributed by atoms with E-state index in [2.05, 4.69) is 10.2 Å². The summed E-state index contributed by atoms with van der Waals surface area (Å²) in [6.07, 6.45) is -3.23. The molecule has 1 atom stereocenters. The second-order valence-corrected chi connectivity index (χ2v) is 6.47. The molecule has 27 heavy (non-hydrogen) atoms. The molecule has 0 aliphatic carbocycles. The normalized spacial score (nSPS) is 18.0. The van der Waals surface area contributed by atoms with Crippen LogP contribution in [0.5, 0.6) is 5.75 Å². The van der Waals surface area contributed by atoms with Gasteiger partial charge in [0.1, 0.15) is 5.75 Å². The number of rotatable bonds is 3. The third-order valence-electron chi connectivity index (χ3n) is 4.60. The first-order chi connectivity index (χ1) is 12.7. The quantitative estimate of drug-likeness (QED) is 0.854. The first-order valence-electron chi connectivity index (χ1n) is 8.39. The Morgan fingerprint density at radius 1 is 1.26 bits per heavy atom. The number of aliphatic hydroxyl groups is 1. The number of anilines is 1. The van der Waals surface area contributed by atoms with Crippen molar-refractivity contribution in [3.8, 4) is 17.0 Å². The van der Waals surface area contributed by atoms with Gasteiger partial charge in [-0.1, -0.05) is 0 Å². The molecule has 0 radical (unpaired) electrons. The summed E-state index contributed by atoms with van der Waals surface area (Å²) in [5.41, 5.74) is -0.385. The Balaban J connectivity index is 1.91. The van der Waals surface area contributed by atoms with Gasteiger partial charge in [-0.25, -0.2) is 0 Å². The molecule has 1 aliphatic rings. The lowest BCUT2D eigenvalue weighted by Crippen LogP contribution is -2.43. The molecular weight excluding hydrogens is 363 g/mol. The summed E-state index contributed by atoms with van der Waals surface area (Å²) in [7, 11) is 0. The van der Waals surface area contributed by atoms with E-state index in [1.165, 1.54) is 24.0 Å². The third-order valence-corrected chi connectivity index (χ3v) is 4.60. The second kappa shape index (κ2) is 7.15. The van der Waals surface area contributed by atoms with Crippen LogP contribution in [0.4, 0.5) is 19.0 Å². The zero-order valence-electron chi connectivity index (χ0n) is 14.5. The van der Waals surface area contributed by atoms with E-state index in [0.717, 1.165) is 12.5 Å². The SMILES string of the molecule is Cc1cc(C(F)(F)F)cc(O)c1-c1ccc(N2CCC[C@H](CO)C2=O)nn1. The van der Waals surface area contributed by atoms with Crippen molar-refractivity contribution < 1.29 is 28.2 Å². The Hall–Kier alpha value is -2.68. The van der Waals surface area contributed by atoms with Crippen LogP contribution in [0.3, 0.4) is 0 Å². The zero-order chi connectivity index (χ0) is 19.8. The number of carbonyl (C=O) groups excluding carboxylic acids is 1. The summed E-state index contributed by atoms with van der Waals surface area (Å²) in [5.74, 6) is -0.953. The molecule has 144 valence electrons. The highest BCUT2D eigenvalue weighted by Gasteiger charge is 2.32. The minimum absolute atomic E-state index is 0.153. The van der Waals surface area contributed by atoms with Crippen LogP contribution in [0.1, 0.15) is 24.0 Å².